The summed E-state index contributed by atoms with van der Waals surface area (Å²) in [5.74, 6) is 7.09. The van der Waals surface area contributed by atoms with Crippen molar-refractivity contribution in [1.29, 1.82) is 0 Å². The van der Waals surface area contributed by atoms with Gasteiger partial charge in [-0.2, -0.15) is 9.97 Å². The Labute approximate surface area is 255 Å². The van der Waals surface area contributed by atoms with E-state index < -0.39 is 17.2 Å². The largest absolute Gasteiger partial charge is 0.508 e. The van der Waals surface area contributed by atoms with E-state index in [1.165, 1.54) is 24.3 Å². The van der Waals surface area contributed by atoms with E-state index in [0.717, 1.165) is 32.2 Å². The highest BCUT2D eigenvalue weighted by molar-refractivity contribution is 6.04. The summed E-state index contributed by atoms with van der Waals surface area (Å²) in [5.41, 5.74) is 6.15. The second kappa shape index (κ2) is 11.5. The molecule has 6 rings (SSSR count). The Bertz CT molecular complexity index is 1890. The average molecular weight is 597 g/mol. The van der Waals surface area contributed by atoms with Gasteiger partial charge >= 0.3 is 6.01 Å². The van der Waals surface area contributed by atoms with Crippen LogP contribution in [0.15, 0.2) is 24.3 Å². The standard InChI is InChI=1S/C34H34F2N6O2/c1-5-9-26-28-31(29(36)30(38-26)24-17-22(43)16-20-11-12-25(35)23(6-2)27(20)24)39-33(44-18-21-10-7-14-41(21)4)40-32(28)42-15-8-13-34(3,37)19-42/h2,11-12,16-17,21,43H,7-8,10,13-15,18-19,37H2,1,3-4H3/t21-,34?/m0/s1. The highest BCUT2D eigenvalue weighted by Crippen LogP contribution is 2.40. The van der Waals surface area contributed by atoms with Crippen LogP contribution >= 0.6 is 0 Å². The zero-order valence-electron chi connectivity index (χ0n) is 25.0. The minimum atomic E-state index is -0.792. The lowest BCUT2D eigenvalue weighted by atomic mass is 9.92. The van der Waals surface area contributed by atoms with E-state index in [4.69, 9.17) is 21.9 Å². The molecule has 2 aromatic carbocycles. The van der Waals surface area contributed by atoms with E-state index >= 15 is 4.39 Å². The molecule has 10 heteroatoms. The second-order valence-corrected chi connectivity index (χ2v) is 12.0. The summed E-state index contributed by atoms with van der Waals surface area (Å²) in [6.07, 6.45) is 9.40. The second-order valence-electron chi connectivity index (χ2n) is 12.0. The number of hydrogen-bond donors (Lipinski definition) is 2. The Balaban J connectivity index is 1.63. The first-order chi connectivity index (χ1) is 21.1. The third-order valence-electron chi connectivity index (χ3n) is 8.54. The smallest absolute Gasteiger partial charge is 0.319 e. The Kier molecular flexibility index (Phi) is 7.75. The Morgan fingerprint density at radius 1 is 1.16 bits per heavy atom. The fourth-order valence-corrected chi connectivity index (χ4v) is 6.38. The van der Waals surface area contributed by atoms with Crippen LogP contribution in [0.5, 0.6) is 11.8 Å². The molecular weight excluding hydrogens is 562 g/mol. The monoisotopic (exact) mass is 596 g/mol. The van der Waals surface area contributed by atoms with Crippen molar-refractivity contribution >= 4 is 27.5 Å². The van der Waals surface area contributed by atoms with Crippen LogP contribution in [-0.4, -0.2) is 69.8 Å². The van der Waals surface area contributed by atoms with Crippen molar-refractivity contribution in [1.82, 2.24) is 19.9 Å². The van der Waals surface area contributed by atoms with Crippen molar-refractivity contribution in [3.05, 3.63) is 47.2 Å². The number of phenols is 1. The molecule has 44 heavy (non-hydrogen) atoms. The van der Waals surface area contributed by atoms with Crippen LogP contribution in [0.3, 0.4) is 0 Å². The van der Waals surface area contributed by atoms with Gasteiger partial charge in [-0.15, -0.1) is 6.42 Å². The number of benzene rings is 2. The van der Waals surface area contributed by atoms with Gasteiger partial charge in [0, 0.05) is 35.6 Å². The van der Waals surface area contributed by atoms with Gasteiger partial charge in [0.05, 0.1) is 10.9 Å². The molecule has 0 bridgehead atoms. The third-order valence-corrected chi connectivity index (χ3v) is 8.54. The van der Waals surface area contributed by atoms with Gasteiger partial charge in [-0.05, 0) is 82.6 Å². The van der Waals surface area contributed by atoms with Gasteiger partial charge in [0.1, 0.15) is 40.9 Å². The zero-order valence-corrected chi connectivity index (χ0v) is 25.0. The maximum Gasteiger partial charge on any atom is 0.319 e. The number of fused-ring (bicyclic) bond motifs is 2. The maximum absolute atomic E-state index is 16.9. The quantitative estimate of drug-likeness (QED) is 0.312. The molecule has 0 saturated carbocycles. The minimum absolute atomic E-state index is 0.0275. The van der Waals surface area contributed by atoms with E-state index in [-0.39, 0.29) is 51.2 Å². The average Bonchev–Trinajstić information content (AvgIpc) is 3.40. The van der Waals surface area contributed by atoms with Crippen LogP contribution in [-0.2, 0) is 0 Å². The highest BCUT2D eigenvalue weighted by atomic mass is 19.1. The Morgan fingerprint density at radius 2 is 1.98 bits per heavy atom. The molecule has 226 valence electrons. The van der Waals surface area contributed by atoms with Gasteiger partial charge in [0.2, 0.25) is 0 Å². The molecule has 0 spiro atoms. The molecule has 2 aliphatic rings. The van der Waals surface area contributed by atoms with Crippen molar-refractivity contribution in [2.75, 3.05) is 38.2 Å². The number of ether oxygens (including phenoxy) is 1. The number of phenolic OH excluding ortho intramolecular Hbond substituents is 1. The number of piperidine rings is 1. The number of likely N-dealkylation sites (tertiary alicyclic amines) is 1. The molecule has 2 fully saturated rings. The minimum Gasteiger partial charge on any atom is -0.508 e. The fourth-order valence-electron chi connectivity index (χ4n) is 6.38. The van der Waals surface area contributed by atoms with Crippen molar-refractivity contribution in [2.24, 2.45) is 5.73 Å². The van der Waals surface area contributed by atoms with Crippen LogP contribution in [0.25, 0.3) is 32.9 Å². The van der Waals surface area contributed by atoms with Crippen molar-refractivity contribution in [3.8, 4) is 47.2 Å². The molecule has 2 aliphatic heterocycles. The number of aromatic nitrogens is 3. The summed E-state index contributed by atoms with van der Waals surface area (Å²) in [6.45, 7) is 6.08. The Hall–Kier alpha value is -4.51. The molecule has 3 N–H and O–H groups in total. The van der Waals surface area contributed by atoms with Crippen LogP contribution in [0.4, 0.5) is 14.6 Å². The summed E-state index contributed by atoms with van der Waals surface area (Å²) in [4.78, 5) is 18.3. The van der Waals surface area contributed by atoms with Gasteiger partial charge in [0.25, 0.3) is 0 Å². The Morgan fingerprint density at radius 3 is 2.68 bits per heavy atom. The molecule has 0 aliphatic carbocycles. The lowest BCUT2D eigenvalue weighted by Crippen LogP contribution is -2.52. The number of pyridine rings is 1. The lowest BCUT2D eigenvalue weighted by Gasteiger charge is -2.39. The normalized spacial score (nSPS) is 20.5. The van der Waals surface area contributed by atoms with Gasteiger partial charge in [-0.25, -0.2) is 13.8 Å². The number of nitrogens with zero attached hydrogens (tertiary/aromatic N) is 5. The van der Waals surface area contributed by atoms with E-state index in [0.29, 0.717) is 36.3 Å². The number of anilines is 1. The predicted molar refractivity (Wildman–Crippen MR) is 168 cm³/mol. The summed E-state index contributed by atoms with van der Waals surface area (Å²) in [6, 6.07) is 5.68. The number of terminal acetylenes is 1. The number of likely N-dealkylation sites (N-methyl/N-ethyl adjacent to an activating group) is 1. The molecule has 1 unspecified atom stereocenters. The maximum atomic E-state index is 16.9. The number of aromatic hydroxyl groups is 1. The van der Waals surface area contributed by atoms with Crippen LogP contribution in [0.2, 0.25) is 0 Å². The first-order valence-electron chi connectivity index (χ1n) is 14.7. The van der Waals surface area contributed by atoms with Crippen LogP contribution < -0.4 is 15.4 Å². The molecule has 2 atom stereocenters. The molecule has 4 aromatic rings. The molecular formula is C34H34F2N6O2. The molecule has 0 amide bonds. The van der Waals surface area contributed by atoms with Crippen LogP contribution in [0.1, 0.15) is 50.8 Å². The van der Waals surface area contributed by atoms with E-state index in [9.17, 15) is 9.50 Å². The van der Waals surface area contributed by atoms with E-state index in [2.05, 4.69) is 32.6 Å². The topological polar surface area (TPSA) is 101 Å². The van der Waals surface area contributed by atoms with Crippen molar-refractivity contribution in [2.45, 2.75) is 51.1 Å². The summed E-state index contributed by atoms with van der Waals surface area (Å²) >= 11 is 0. The van der Waals surface area contributed by atoms with E-state index in [1.807, 2.05) is 18.9 Å². The molecule has 2 aromatic heterocycles. The third kappa shape index (κ3) is 5.36. The zero-order chi connectivity index (χ0) is 31.2. The molecule has 2 saturated heterocycles. The molecule has 4 heterocycles. The summed E-state index contributed by atoms with van der Waals surface area (Å²) in [5, 5.41) is 11.6. The summed E-state index contributed by atoms with van der Waals surface area (Å²) in [7, 11) is 2.05. The number of rotatable bonds is 5. The van der Waals surface area contributed by atoms with Gasteiger partial charge in [0.15, 0.2) is 5.82 Å². The van der Waals surface area contributed by atoms with E-state index in [1.54, 1.807) is 6.92 Å². The summed E-state index contributed by atoms with van der Waals surface area (Å²) < 4.78 is 37.9. The van der Waals surface area contributed by atoms with Gasteiger partial charge in [-0.1, -0.05) is 17.9 Å². The SMILES string of the molecule is C#Cc1c(F)ccc2cc(O)cc(-c3nc(C#CC)c4c(N5CCCC(C)(N)C5)nc(OC[C@@H]5CCCN5C)nc4c3F)c12. The lowest BCUT2D eigenvalue weighted by molar-refractivity contribution is 0.188. The molecule has 0 radical (unpaired) electrons. The molecule has 8 nitrogen and oxygen atoms in total. The van der Waals surface area contributed by atoms with Gasteiger partial charge < -0.3 is 25.4 Å². The predicted octanol–water partition coefficient (Wildman–Crippen LogP) is 4.97. The number of nitrogens with two attached hydrogens (primary N) is 1. The highest BCUT2D eigenvalue weighted by Gasteiger charge is 2.32. The van der Waals surface area contributed by atoms with Gasteiger partial charge in [-0.3, -0.25) is 0 Å². The number of halogens is 2. The first kappa shape index (κ1) is 29.6. The number of hydrogen-bond acceptors (Lipinski definition) is 8. The van der Waals surface area contributed by atoms with Crippen molar-refractivity contribution in [3.63, 3.8) is 0 Å². The fraction of sp³-hybridized carbons (Fsp3) is 0.382. The first-order valence-corrected chi connectivity index (χ1v) is 14.7. The van der Waals surface area contributed by atoms with Crippen molar-refractivity contribution < 1.29 is 18.6 Å². The van der Waals surface area contributed by atoms with Crippen LogP contribution in [0, 0.1) is 35.8 Å².